The molecule has 0 aliphatic carbocycles. The van der Waals surface area contributed by atoms with Crippen LogP contribution in [0.25, 0.3) is 0 Å². The van der Waals surface area contributed by atoms with Crippen molar-refractivity contribution in [2.45, 2.75) is 12.5 Å². The highest BCUT2D eigenvalue weighted by atomic mass is 16.5. The van der Waals surface area contributed by atoms with Gasteiger partial charge in [-0.3, -0.25) is 4.79 Å². The number of methoxy groups -OCH3 is 1. The van der Waals surface area contributed by atoms with Crippen molar-refractivity contribution in [2.75, 3.05) is 13.7 Å². The van der Waals surface area contributed by atoms with Crippen molar-refractivity contribution in [3.8, 4) is 5.75 Å². The van der Waals surface area contributed by atoms with Crippen molar-refractivity contribution in [1.82, 2.24) is 5.32 Å². The Balaban J connectivity index is 2.55. The molecular formula is C12H15NO5. The lowest BCUT2D eigenvalue weighted by Crippen LogP contribution is -2.44. The zero-order valence-corrected chi connectivity index (χ0v) is 9.92. The summed E-state index contributed by atoms with van der Waals surface area (Å²) in [6.07, 6.45) is 0.0494. The van der Waals surface area contributed by atoms with Crippen molar-refractivity contribution in [3.05, 3.63) is 29.8 Å². The Kier molecular flexibility index (Phi) is 5.13. The highest BCUT2D eigenvalue weighted by Crippen LogP contribution is 2.09. The lowest BCUT2D eigenvalue weighted by molar-refractivity contribution is -0.146. The Labute approximate surface area is 104 Å². The van der Waals surface area contributed by atoms with Gasteiger partial charge in [0, 0.05) is 0 Å². The molecule has 0 aromatic heterocycles. The lowest BCUT2D eigenvalue weighted by atomic mass is 10.1. The van der Waals surface area contributed by atoms with E-state index >= 15 is 0 Å². The number of ether oxygens (including phenoxy) is 1. The zero-order chi connectivity index (χ0) is 13.5. The molecule has 1 aromatic carbocycles. The van der Waals surface area contributed by atoms with Gasteiger partial charge in [-0.25, -0.2) is 4.79 Å². The minimum atomic E-state index is -1.06. The van der Waals surface area contributed by atoms with Crippen molar-refractivity contribution < 1.29 is 24.5 Å². The molecule has 0 fully saturated rings. The molecule has 0 saturated heterocycles. The number of aliphatic hydroxyl groups excluding tert-OH is 1. The summed E-state index contributed by atoms with van der Waals surface area (Å²) < 4.78 is 4.42. The first kappa shape index (κ1) is 14.0. The smallest absolute Gasteiger partial charge is 0.330 e. The van der Waals surface area contributed by atoms with Crippen molar-refractivity contribution >= 4 is 11.9 Å². The maximum atomic E-state index is 11.6. The van der Waals surface area contributed by atoms with E-state index in [4.69, 9.17) is 10.2 Å². The molecular weight excluding hydrogens is 238 g/mol. The molecule has 0 radical (unpaired) electrons. The third-order valence-corrected chi connectivity index (χ3v) is 2.30. The van der Waals surface area contributed by atoms with Gasteiger partial charge in [0.15, 0.2) is 6.04 Å². The van der Waals surface area contributed by atoms with Gasteiger partial charge in [0.1, 0.15) is 5.75 Å². The Morgan fingerprint density at radius 1 is 1.33 bits per heavy atom. The van der Waals surface area contributed by atoms with Crippen molar-refractivity contribution in [2.24, 2.45) is 0 Å². The average molecular weight is 253 g/mol. The van der Waals surface area contributed by atoms with Crippen LogP contribution < -0.4 is 5.32 Å². The summed E-state index contributed by atoms with van der Waals surface area (Å²) in [6.45, 7) is -0.520. The van der Waals surface area contributed by atoms with Crippen LogP contribution in [0.5, 0.6) is 5.75 Å². The molecule has 1 atom stereocenters. The summed E-state index contributed by atoms with van der Waals surface area (Å²) in [5.74, 6) is -0.997. The maximum absolute atomic E-state index is 11.6. The normalized spacial score (nSPS) is 11.7. The lowest BCUT2D eigenvalue weighted by Gasteiger charge is -2.13. The van der Waals surface area contributed by atoms with Crippen LogP contribution in [0, 0.1) is 0 Å². The van der Waals surface area contributed by atoms with E-state index in [0.717, 1.165) is 0 Å². The molecule has 1 amide bonds. The van der Waals surface area contributed by atoms with E-state index in [-0.39, 0.29) is 12.2 Å². The van der Waals surface area contributed by atoms with Gasteiger partial charge in [-0.05, 0) is 17.7 Å². The number of aliphatic hydroxyl groups is 1. The Morgan fingerprint density at radius 2 is 1.94 bits per heavy atom. The Bertz CT molecular complexity index is 415. The summed E-state index contributed by atoms with van der Waals surface area (Å²) in [7, 11) is 1.18. The number of phenols is 1. The second-order valence-electron chi connectivity index (χ2n) is 3.67. The minimum Gasteiger partial charge on any atom is -0.508 e. The van der Waals surface area contributed by atoms with Crippen LogP contribution in [-0.4, -0.2) is 41.8 Å². The number of hydrogen-bond donors (Lipinski definition) is 3. The van der Waals surface area contributed by atoms with E-state index in [1.165, 1.54) is 19.2 Å². The van der Waals surface area contributed by atoms with Crippen molar-refractivity contribution in [3.63, 3.8) is 0 Å². The number of phenolic OH excluding ortho intramolecular Hbond substituents is 1. The van der Waals surface area contributed by atoms with Crippen LogP contribution in [0.3, 0.4) is 0 Å². The molecule has 0 saturated carbocycles. The van der Waals surface area contributed by atoms with Gasteiger partial charge in [0.05, 0.1) is 20.1 Å². The number of aromatic hydroxyl groups is 1. The highest BCUT2D eigenvalue weighted by Gasteiger charge is 2.20. The average Bonchev–Trinajstić information content (AvgIpc) is 2.37. The van der Waals surface area contributed by atoms with Gasteiger partial charge >= 0.3 is 5.97 Å². The molecule has 1 unspecified atom stereocenters. The topological polar surface area (TPSA) is 95.9 Å². The third kappa shape index (κ3) is 4.06. The summed E-state index contributed by atoms with van der Waals surface area (Å²) in [6, 6.07) is 5.07. The number of hydrogen-bond acceptors (Lipinski definition) is 5. The fourth-order valence-corrected chi connectivity index (χ4v) is 1.37. The predicted molar refractivity (Wildman–Crippen MR) is 62.8 cm³/mol. The summed E-state index contributed by atoms with van der Waals surface area (Å²) in [4.78, 5) is 22.7. The second-order valence-corrected chi connectivity index (χ2v) is 3.67. The number of amides is 1. The highest BCUT2D eigenvalue weighted by molar-refractivity contribution is 5.85. The van der Waals surface area contributed by atoms with Gasteiger partial charge in [-0.15, -0.1) is 0 Å². The Morgan fingerprint density at radius 3 is 2.44 bits per heavy atom. The summed E-state index contributed by atoms with van der Waals surface area (Å²) in [5, 5.41) is 20.4. The monoisotopic (exact) mass is 253 g/mol. The predicted octanol–water partition coefficient (Wildman–Crippen LogP) is -0.415. The van der Waals surface area contributed by atoms with E-state index in [0.29, 0.717) is 5.56 Å². The molecule has 0 spiro atoms. The fourth-order valence-electron chi connectivity index (χ4n) is 1.37. The molecule has 6 heteroatoms. The SMILES string of the molecule is COC(=O)C(CO)NC(=O)Cc1ccc(O)cc1. The number of carbonyl (C=O) groups is 2. The van der Waals surface area contributed by atoms with Crippen molar-refractivity contribution in [1.29, 1.82) is 0 Å². The van der Waals surface area contributed by atoms with E-state index in [1.807, 2.05) is 0 Å². The summed E-state index contributed by atoms with van der Waals surface area (Å²) in [5.41, 5.74) is 0.687. The van der Waals surface area contributed by atoms with Crippen LogP contribution in [0.1, 0.15) is 5.56 Å². The van der Waals surface area contributed by atoms with Crippen LogP contribution >= 0.6 is 0 Å². The molecule has 6 nitrogen and oxygen atoms in total. The van der Waals surface area contributed by atoms with E-state index in [9.17, 15) is 9.59 Å². The first-order valence-electron chi connectivity index (χ1n) is 5.32. The third-order valence-electron chi connectivity index (χ3n) is 2.30. The summed E-state index contributed by atoms with van der Waals surface area (Å²) >= 11 is 0. The second kappa shape index (κ2) is 6.61. The van der Waals surface area contributed by atoms with E-state index < -0.39 is 24.5 Å². The largest absolute Gasteiger partial charge is 0.508 e. The maximum Gasteiger partial charge on any atom is 0.330 e. The van der Waals surface area contributed by atoms with Gasteiger partial charge in [0.25, 0.3) is 0 Å². The van der Waals surface area contributed by atoms with Gasteiger partial charge in [0.2, 0.25) is 5.91 Å². The van der Waals surface area contributed by atoms with Gasteiger partial charge < -0.3 is 20.3 Å². The number of nitrogens with one attached hydrogen (secondary N) is 1. The molecule has 1 rings (SSSR count). The minimum absolute atomic E-state index is 0.0494. The molecule has 3 N–H and O–H groups in total. The number of esters is 1. The first-order valence-corrected chi connectivity index (χ1v) is 5.32. The fraction of sp³-hybridized carbons (Fsp3) is 0.333. The van der Waals surface area contributed by atoms with Crippen LogP contribution in [0.4, 0.5) is 0 Å². The Hall–Kier alpha value is -2.08. The first-order chi connectivity index (χ1) is 8.56. The molecule has 0 aliphatic rings. The number of benzene rings is 1. The van der Waals surface area contributed by atoms with Gasteiger partial charge in [-0.1, -0.05) is 12.1 Å². The zero-order valence-electron chi connectivity index (χ0n) is 9.92. The molecule has 1 aromatic rings. The number of rotatable bonds is 5. The molecule has 0 aliphatic heterocycles. The molecule has 0 heterocycles. The van der Waals surface area contributed by atoms with Crippen LogP contribution in [0.2, 0.25) is 0 Å². The molecule has 0 bridgehead atoms. The standard InChI is InChI=1S/C12H15NO5/c1-18-12(17)10(7-14)13-11(16)6-8-2-4-9(15)5-3-8/h2-5,10,14-15H,6-7H2,1H3,(H,13,16). The quantitative estimate of drug-likeness (QED) is 0.620. The van der Waals surface area contributed by atoms with E-state index in [1.54, 1.807) is 12.1 Å². The van der Waals surface area contributed by atoms with E-state index in [2.05, 4.69) is 10.1 Å². The number of carbonyl (C=O) groups excluding carboxylic acids is 2. The van der Waals surface area contributed by atoms with Crippen LogP contribution in [-0.2, 0) is 20.7 Å². The molecule has 18 heavy (non-hydrogen) atoms. The molecule has 98 valence electrons. The van der Waals surface area contributed by atoms with Gasteiger partial charge in [-0.2, -0.15) is 0 Å². The van der Waals surface area contributed by atoms with Crippen LogP contribution in [0.15, 0.2) is 24.3 Å².